The van der Waals surface area contributed by atoms with E-state index in [2.05, 4.69) is 9.97 Å². The predicted molar refractivity (Wildman–Crippen MR) is 71.5 cm³/mol. The van der Waals surface area contributed by atoms with Gasteiger partial charge in [0, 0.05) is 5.69 Å². The summed E-state index contributed by atoms with van der Waals surface area (Å²) in [5.74, 6) is 0. The van der Waals surface area contributed by atoms with Crippen molar-refractivity contribution in [3.63, 3.8) is 0 Å². The Morgan fingerprint density at radius 3 is 2.95 bits per heavy atom. The summed E-state index contributed by atoms with van der Waals surface area (Å²) in [7, 11) is 0. The third kappa shape index (κ3) is 2.37. The summed E-state index contributed by atoms with van der Waals surface area (Å²) in [6.07, 6.45) is 0. The molecular weight excluding hydrogens is 260 g/mol. The number of pyridine rings is 1. The molecule has 0 fully saturated rings. The summed E-state index contributed by atoms with van der Waals surface area (Å²) >= 11 is 1.27. The first-order valence-corrected chi connectivity index (χ1v) is 6.27. The van der Waals surface area contributed by atoms with Crippen molar-refractivity contribution < 1.29 is 4.42 Å². The van der Waals surface area contributed by atoms with Crippen molar-refractivity contribution in [2.45, 2.75) is 10.2 Å². The fraction of sp³-hybridized carbons (Fsp3) is 0. The number of nitrogens with zero attached hydrogens (tertiary/aromatic N) is 3. The van der Waals surface area contributed by atoms with Gasteiger partial charge in [-0.2, -0.15) is 5.26 Å². The molecule has 3 rings (SSSR count). The van der Waals surface area contributed by atoms with Gasteiger partial charge in [-0.25, -0.2) is 9.97 Å². The van der Waals surface area contributed by atoms with Gasteiger partial charge in [0.15, 0.2) is 5.58 Å². The SMILES string of the molecule is N#Cc1cccc(Sc2nc3cc(N)ccc3o2)n1. The van der Waals surface area contributed by atoms with Gasteiger partial charge in [-0.05, 0) is 42.1 Å². The number of hydrogen-bond donors (Lipinski definition) is 1. The molecule has 92 valence electrons. The zero-order chi connectivity index (χ0) is 13.2. The molecule has 0 bridgehead atoms. The molecule has 0 atom stereocenters. The molecule has 2 heterocycles. The summed E-state index contributed by atoms with van der Waals surface area (Å²) in [5, 5.41) is 9.94. The molecule has 0 aliphatic carbocycles. The minimum Gasteiger partial charge on any atom is -0.431 e. The van der Waals surface area contributed by atoms with Crippen LogP contribution in [0, 0.1) is 11.3 Å². The lowest BCUT2D eigenvalue weighted by Crippen LogP contribution is -1.84. The maximum atomic E-state index is 8.80. The molecule has 19 heavy (non-hydrogen) atoms. The standard InChI is InChI=1S/C13H8N4OS/c14-7-9-2-1-3-12(16-9)19-13-17-10-6-8(15)4-5-11(10)18-13/h1-6H,15H2. The molecule has 0 radical (unpaired) electrons. The fourth-order valence-electron chi connectivity index (χ4n) is 1.59. The fourth-order valence-corrected chi connectivity index (χ4v) is 2.34. The summed E-state index contributed by atoms with van der Waals surface area (Å²) < 4.78 is 5.57. The molecule has 5 nitrogen and oxygen atoms in total. The van der Waals surface area contributed by atoms with E-state index < -0.39 is 0 Å². The topological polar surface area (TPSA) is 88.7 Å². The van der Waals surface area contributed by atoms with Crippen LogP contribution in [0.25, 0.3) is 11.1 Å². The number of benzene rings is 1. The van der Waals surface area contributed by atoms with E-state index in [9.17, 15) is 0 Å². The van der Waals surface area contributed by atoms with Crippen LogP contribution in [0.5, 0.6) is 0 Å². The number of hydrogen-bond acceptors (Lipinski definition) is 6. The third-order valence-electron chi connectivity index (χ3n) is 2.42. The summed E-state index contributed by atoms with van der Waals surface area (Å²) in [6.45, 7) is 0. The molecule has 2 N–H and O–H groups in total. The lowest BCUT2D eigenvalue weighted by molar-refractivity contribution is 0.489. The average molecular weight is 268 g/mol. The normalized spacial score (nSPS) is 10.5. The van der Waals surface area contributed by atoms with Crippen LogP contribution in [0.15, 0.2) is 51.1 Å². The number of oxazole rings is 1. The third-order valence-corrected chi connectivity index (χ3v) is 3.21. The molecule has 0 amide bonds. The number of fused-ring (bicyclic) bond motifs is 1. The second-order valence-corrected chi connectivity index (χ2v) is 4.75. The van der Waals surface area contributed by atoms with Gasteiger partial charge < -0.3 is 10.2 Å². The van der Waals surface area contributed by atoms with Crippen molar-refractivity contribution in [2.24, 2.45) is 0 Å². The molecular formula is C13H8N4OS. The van der Waals surface area contributed by atoms with Crippen molar-refractivity contribution >= 4 is 28.5 Å². The Bertz CT molecular complexity index is 791. The summed E-state index contributed by atoms with van der Waals surface area (Å²) in [4.78, 5) is 8.47. The molecule has 0 aliphatic heterocycles. The van der Waals surface area contributed by atoms with Gasteiger partial charge in [0.1, 0.15) is 22.3 Å². The number of anilines is 1. The Balaban J connectivity index is 1.94. The van der Waals surface area contributed by atoms with E-state index in [0.717, 1.165) is 0 Å². The number of nitrogen functional groups attached to an aromatic ring is 1. The van der Waals surface area contributed by atoms with Crippen molar-refractivity contribution in [1.29, 1.82) is 5.26 Å². The monoisotopic (exact) mass is 268 g/mol. The van der Waals surface area contributed by atoms with E-state index in [-0.39, 0.29) is 0 Å². The Morgan fingerprint density at radius 2 is 2.11 bits per heavy atom. The van der Waals surface area contributed by atoms with Crippen LogP contribution >= 0.6 is 11.8 Å². The zero-order valence-corrected chi connectivity index (χ0v) is 10.5. The minimum atomic E-state index is 0.366. The number of aromatic nitrogens is 2. The highest BCUT2D eigenvalue weighted by atomic mass is 32.2. The quantitative estimate of drug-likeness (QED) is 0.719. The maximum absolute atomic E-state index is 8.80. The van der Waals surface area contributed by atoms with Crippen LogP contribution in [0.2, 0.25) is 0 Å². The van der Waals surface area contributed by atoms with Crippen LogP contribution in [-0.4, -0.2) is 9.97 Å². The molecule has 1 aromatic carbocycles. The Kier molecular flexibility index (Phi) is 2.82. The maximum Gasteiger partial charge on any atom is 0.263 e. The van der Waals surface area contributed by atoms with Crippen LogP contribution in [-0.2, 0) is 0 Å². The second kappa shape index (κ2) is 4.63. The Labute approximate surface area is 113 Å². The molecule has 2 aromatic heterocycles. The van der Waals surface area contributed by atoms with Gasteiger partial charge in [0.05, 0.1) is 0 Å². The molecule has 6 heteroatoms. The minimum absolute atomic E-state index is 0.366. The molecule has 0 saturated heterocycles. The smallest absolute Gasteiger partial charge is 0.263 e. The van der Waals surface area contributed by atoms with E-state index in [0.29, 0.717) is 32.7 Å². The molecule has 3 aromatic rings. The van der Waals surface area contributed by atoms with Crippen LogP contribution in [0.4, 0.5) is 5.69 Å². The lowest BCUT2D eigenvalue weighted by Gasteiger charge is -1.95. The first-order chi connectivity index (χ1) is 9.24. The zero-order valence-electron chi connectivity index (χ0n) is 9.70. The Morgan fingerprint density at radius 1 is 1.21 bits per heavy atom. The molecule has 0 aliphatic rings. The Hall–Kier alpha value is -2.52. The number of nitrogens with two attached hydrogens (primary N) is 1. The average Bonchev–Trinajstić information content (AvgIpc) is 2.80. The second-order valence-electron chi connectivity index (χ2n) is 3.78. The first kappa shape index (κ1) is 11.6. The van der Waals surface area contributed by atoms with Gasteiger partial charge in [0.2, 0.25) is 0 Å². The molecule has 0 saturated carbocycles. The highest BCUT2D eigenvalue weighted by Crippen LogP contribution is 2.29. The highest BCUT2D eigenvalue weighted by molar-refractivity contribution is 7.99. The molecule has 0 unspecified atom stereocenters. The van der Waals surface area contributed by atoms with Crippen molar-refractivity contribution in [3.8, 4) is 6.07 Å². The van der Waals surface area contributed by atoms with Gasteiger partial charge in [-0.1, -0.05) is 6.07 Å². The van der Waals surface area contributed by atoms with E-state index in [1.165, 1.54) is 11.8 Å². The predicted octanol–water partition coefficient (Wildman–Crippen LogP) is 2.83. The van der Waals surface area contributed by atoms with E-state index in [1.807, 2.05) is 6.07 Å². The number of rotatable bonds is 2. The van der Waals surface area contributed by atoms with Crippen molar-refractivity contribution in [1.82, 2.24) is 9.97 Å². The van der Waals surface area contributed by atoms with Gasteiger partial charge in [-0.3, -0.25) is 0 Å². The molecule has 0 spiro atoms. The van der Waals surface area contributed by atoms with E-state index >= 15 is 0 Å². The number of nitriles is 1. The van der Waals surface area contributed by atoms with Crippen LogP contribution < -0.4 is 5.73 Å². The lowest BCUT2D eigenvalue weighted by atomic mass is 10.3. The first-order valence-electron chi connectivity index (χ1n) is 5.46. The van der Waals surface area contributed by atoms with E-state index in [1.54, 1.807) is 36.4 Å². The van der Waals surface area contributed by atoms with Gasteiger partial charge >= 0.3 is 0 Å². The summed E-state index contributed by atoms with van der Waals surface area (Å²) in [6, 6.07) is 12.5. The largest absolute Gasteiger partial charge is 0.431 e. The van der Waals surface area contributed by atoms with Crippen LogP contribution in [0.1, 0.15) is 5.69 Å². The van der Waals surface area contributed by atoms with E-state index in [4.69, 9.17) is 15.4 Å². The van der Waals surface area contributed by atoms with Crippen molar-refractivity contribution in [3.05, 3.63) is 42.1 Å². The van der Waals surface area contributed by atoms with Gasteiger partial charge in [0.25, 0.3) is 5.22 Å². The van der Waals surface area contributed by atoms with Gasteiger partial charge in [-0.15, -0.1) is 0 Å². The summed E-state index contributed by atoms with van der Waals surface area (Å²) in [5.41, 5.74) is 8.08. The highest BCUT2D eigenvalue weighted by Gasteiger charge is 2.09. The van der Waals surface area contributed by atoms with Crippen molar-refractivity contribution in [2.75, 3.05) is 5.73 Å². The van der Waals surface area contributed by atoms with Crippen LogP contribution in [0.3, 0.4) is 0 Å².